The topological polar surface area (TPSA) is 27.7 Å². The van der Waals surface area contributed by atoms with E-state index in [1.165, 1.54) is 0 Å². The van der Waals surface area contributed by atoms with Gasteiger partial charge in [-0.3, -0.25) is 0 Å². The van der Waals surface area contributed by atoms with Crippen molar-refractivity contribution in [3.63, 3.8) is 0 Å². The summed E-state index contributed by atoms with van der Waals surface area (Å²) in [5.41, 5.74) is -0.438. The Morgan fingerprint density at radius 2 is 1.60 bits per heavy atom. The molecule has 0 bridgehead atoms. The molecule has 0 spiro atoms. The van der Waals surface area contributed by atoms with Crippen molar-refractivity contribution in [2.45, 2.75) is 64.2 Å². The van der Waals surface area contributed by atoms with Crippen molar-refractivity contribution in [3.05, 3.63) is 0 Å². The second kappa shape index (κ2) is 3.47. The smallest absolute Gasteiger partial charge is 0.403 e. The Kier molecular flexibility index (Phi) is 2.65. The molecule has 2 rings (SSSR count). The molecule has 86 valence electrons. The van der Waals surface area contributed by atoms with E-state index < -0.39 is 0 Å². The van der Waals surface area contributed by atoms with Gasteiger partial charge in [-0.25, -0.2) is 0 Å². The second-order valence-electron chi connectivity index (χ2n) is 5.76. The zero-order valence-electron chi connectivity index (χ0n) is 10.4. The summed E-state index contributed by atoms with van der Waals surface area (Å²) >= 11 is 0. The molecular weight excluding hydrogens is 191 g/mol. The molecule has 0 aliphatic carbocycles. The first-order valence-corrected chi connectivity index (χ1v) is 5.79. The summed E-state index contributed by atoms with van der Waals surface area (Å²) in [6.07, 6.45) is 1.38. The zero-order valence-corrected chi connectivity index (χ0v) is 10.4. The Labute approximate surface area is 92.6 Å². The lowest BCUT2D eigenvalue weighted by molar-refractivity contribution is 0.00578. The Bertz CT molecular complexity index is 236. The summed E-state index contributed by atoms with van der Waals surface area (Å²) in [5.74, 6) is 0.390. The molecule has 0 N–H and O–H groups in total. The summed E-state index contributed by atoms with van der Waals surface area (Å²) < 4.78 is 17.5. The number of ether oxygens (including phenoxy) is 1. The molecule has 3 nitrogen and oxygen atoms in total. The third-order valence-corrected chi connectivity index (χ3v) is 3.89. The molecule has 0 saturated carbocycles. The number of hydrogen-bond donors (Lipinski definition) is 0. The van der Waals surface area contributed by atoms with Gasteiger partial charge in [-0.1, -0.05) is 0 Å². The predicted molar refractivity (Wildman–Crippen MR) is 59.9 cm³/mol. The fourth-order valence-corrected chi connectivity index (χ4v) is 2.12. The largest absolute Gasteiger partial charge is 0.463 e. The summed E-state index contributed by atoms with van der Waals surface area (Å²) in [7, 11) is -0.0973. The van der Waals surface area contributed by atoms with Gasteiger partial charge < -0.3 is 14.0 Å². The van der Waals surface area contributed by atoms with Crippen LogP contribution in [0.25, 0.3) is 0 Å². The summed E-state index contributed by atoms with van der Waals surface area (Å²) in [6, 6.07) is 0. The summed E-state index contributed by atoms with van der Waals surface area (Å²) in [5, 5.41) is 0. The van der Waals surface area contributed by atoms with E-state index in [1.54, 1.807) is 0 Å². The Morgan fingerprint density at radius 1 is 1.07 bits per heavy atom. The van der Waals surface area contributed by atoms with Crippen LogP contribution in [0.15, 0.2) is 0 Å². The van der Waals surface area contributed by atoms with Crippen LogP contribution in [0.3, 0.4) is 0 Å². The molecule has 0 radical (unpaired) electrons. The van der Waals surface area contributed by atoms with Crippen molar-refractivity contribution in [1.29, 1.82) is 0 Å². The molecule has 2 unspecified atom stereocenters. The monoisotopic (exact) mass is 212 g/mol. The lowest BCUT2D eigenvalue weighted by atomic mass is 9.71. The molecule has 0 aromatic rings. The van der Waals surface area contributed by atoms with Crippen LogP contribution in [0.4, 0.5) is 0 Å². The van der Waals surface area contributed by atoms with E-state index >= 15 is 0 Å². The normalized spacial score (nSPS) is 38.6. The molecule has 2 saturated heterocycles. The third-order valence-electron chi connectivity index (χ3n) is 3.89. The minimum atomic E-state index is -0.219. The molecule has 4 heteroatoms. The summed E-state index contributed by atoms with van der Waals surface area (Å²) in [4.78, 5) is 0. The van der Waals surface area contributed by atoms with Crippen LogP contribution in [-0.4, -0.2) is 31.0 Å². The van der Waals surface area contributed by atoms with Gasteiger partial charge in [-0.15, -0.1) is 0 Å². The molecule has 15 heavy (non-hydrogen) atoms. The van der Waals surface area contributed by atoms with Crippen LogP contribution >= 0.6 is 0 Å². The Hall–Kier alpha value is -0.0551. The van der Waals surface area contributed by atoms with Crippen LogP contribution < -0.4 is 0 Å². The number of hydrogen-bond acceptors (Lipinski definition) is 3. The predicted octanol–water partition coefficient (Wildman–Crippen LogP) is 2.26. The average molecular weight is 212 g/mol. The van der Waals surface area contributed by atoms with Crippen molar-refractivity contribution in [2.75, 3.05) is 6.61 Å². The minimum absolute atomic E-state index is 0.0973. The fourth-order valence-electron chi connectivity index (χ4n) is 2.12. The van der Waals surface area contributed by atoms with E-state index in [-0.39, 0.29) is 18.3 Å². The summed E-state index contributed by atoms with van der Waals surface area (Å²) in [6.45, 7) is 11.2. The van der Waals surface area contributed by atoms with Gasteiger partial charge in [0.2, 0.25) is 0 Å². The van der Waals surface area contributed by atoms with E-state index in [1.807, 2.05) is 0 Å². The maximum Gasteiger partial charge on any atom is 0.463 e. The molecule has 2 fully saturated rings. The molecule has 0 aromatic heterocycles. The van der Waals surface area contributed by atoms with Gasteiger partial charge in [-0.05, 0) is 41.0 Å². The van der Waals surface area contributed by atoms with E-state index in [4.69, 9.17) is 14.0 Å². The molecule has 2 heterocycles. The average Bonchev–Trinajstić information content (AvgIpc) is 2.56. The van der Waals surface area contributed by atoms with Gasteiger partial charge in [0.05, 0.1) is 17.3 Å². The van der Waals surface area contributed by atoms with Crippen molar-refractivity contribution in [3.8, 4) is 0 Å². The van der Waals surface area contributed by atoms with Gasteiger partial charge in [0.15, 0.2) is 0 Å². The molecule has 2 atom stereocenters. The van der Waals surface area contributed by atoms with Gasteiger partial charge in [-0.2, -0.15) is 0 Å². The SMILES string of the molecule is CC1CC(B2OC(C)(C)C(C)(C)O2)CO1. The van der Waals surface area contributed by atoms with Crippen LogP contribution in [0, 0.1) is 0 Å². The Morgan fingerprint density at radius 3 is 2.00 bits per heavy atom. The van der Waals surface area contributed by atoms with E-state index in [2.05, 4.69) is 34.6 Å². The Balaban J connectivity index is 2.03. The van der Waals surface area contributed by atoms with Crippen LogP contribution in [-0.2, 0) is 14.0 Å². The van der Waals surface area contributed by atoms with Crippen molar-refractivity contribution in [2.24, 2.45) is 0 Å². The fraction of sp³-hybridized carbons (Fsp3) is 1.00. The third kappa shape index (κ3) is 1.95. The highest BCUT2D eigenvalue weighted by atomic mass is 16.7. The standard InChI is InChI=1S/C11H21BO3/c1-8-6-9(7-13-8)12-14-10(2,3)11(4,5)15-12/h8-9H,6-7H2,1-5H3. The van der Waals surface area contributed by atoms with E-state index in [0.29, 0.717) is 11.9 Å². The second-order valence-corrected chi connectivity index (χ2v) is 5.76. The minimum Gasteiger partial charge on any atom is -0.403 e. The lowest BCUT2D eigenvalue weighted by Gasteiger charge is -2.32. The molecule has 0 aromatic carbocycles. The quantitative estimate of drug-likeness (QED) is 0.624. The molecule has 2 aliphatic heterocycles. The van der Waals surface area contributed by atoms with Crippen LogP contribution in [0.5, 0.6) is 0 Å². The maximum atomic E-state index is 5.99. The van der Waals surface area contributed by atoms with Crippen molar-refractivity contribution in [1.82, 2.24) is 0 Å². The van der Waals surface area contributed by atoms with Crippen molar-refractivity contribution < 1.29 is 14.0 Å². The van der Waals surface area contributed by atoms with Gasteiger partial charge in [0.25, 0.3) is 0 Å². The van der Waals surface area contributed by atoms with Crippen LogP contribution in [0.2, 0.25) is 5.82 Å². The first-order chi connectivity index (χ1) is 6.82. The molecular formula is C11H21BO3. The van der Waals surface area contributed by atoms with Crippen LogP contribution in [0.1, 0.15) is 41.0 Å². The van der Waals surface area contributed by atoms with Gasteiger partial charge in [0.1, 0.15) is 0 Å². The highest BCUT2D eigenvalue weighted by molar-refractivity contribution is 6.47. The van der Waals surface area contributed by atoms with E-state index in [9.17, 15) is 0 Å². The zero-order chi connectivity index (χ0) is 11.3. The van der Waals surface area contributed by atoms with E-state index in [0.717, 1.165) is 13.0 Å². The molecule has 2 aliphatic rings. The lowest BCUT2D eigenvalue weighted by Crippen LogP contribution is -2.41. The van der Waals surface area contributed by atoms with Gasteiger partial charge >= 0.3 is 7.12 Å². The first kappa shape index (κ1) is 11.4. The molecule has 0 amide bonds. The van der Waals surface area contributed by atoms with Crippen molar-refractivity contribution >= 4 is 7.12 Å². The highest BCUT2D eigenvalue weighted by Crippen LogP contribution is 2.42. The number of rotatable bonds is 1. The van der Waals surface area contributed by atoms with Gasteiger partial charge in [0, 0.05) is 12.4 Å². The highest BCUT2D eigenvalue weighted by Gasteiger charge is 2.54. The maximum absolute atomic E-state index is 5.99. The first-order valence-electron chi connectivity index (χ1n) is 5.79.